The first-order valence-corrected chi connectivity index (χ1v) is 10.3. The van der Waals surface area contributed by atoms with Crippen molar-refractivity contribution in [1.29, 1.82) is 0 Å². The molecule has 1 aliphatic heterocycles. The molecule has 1 aromatic carbocycles. The quantitative estimate of drug-likeness (QED) is 0.513. The Morgan fingerprint density at radius 2 is 1.88 bits per heavy atom. The highest BCUT2D eigenvalue weighted by Crippen LogP contribution is 2.27. The number of methoxy groups -OCH3 is 1. The Balaban J connectivity index is 1.38. The van der Waals surface area contributed by atoms with Crippen LogP contribution in [-0.2, 0) is 7.05 Å². The van der Waals surface area contributed by atoms with Crippen molar-refractivity contribution in [3.05, 3.63) is 54.6 Å². The molecule has 0 radical (unpaired) electrons. The second kappa shape index (κ2) is 8.22. The number of carbonyl (C=O) groups excluding carboxylic acids is 1. The molecular weight excluding hydrogens is 410 g/mol. The summed E-state index contributed by atoms with van der Waals surface area (Å²) in [5.41, 5.74) is 1.62. The van der Waals surface area contributed by atoms with E-state index in [0.717, 1.165) is 22.5 Å². The van der Waals surface area contributed by atoms with Crippen LogP contribution in [0.15, 0.2) is 53.3 Å². The number of aromatic nitrogens is 4. The van der Waals surface area contributed by atoms with Gasteiger partial charge < -0.3 is 24.3 Å². The number of furan rings is 1. The SMILES string of the molecule is COc1ccc(Nc2nc(N3CCN(C(=O)c4ccco4)CC3)nc3c2cnn3C)cc1. The van der Waals surface area contributed by atoms with Gasteiger partial charge in [-0.25, -0.2) is 0 Å². The second-order valence-electron chi connectivity index (χ2n) is 7.49. The molecule has 1 N–H and O–H groups in total. The van der Waals surface area contributed by atoms with Gasteiger partial charge in [-0.3, -0.25) is 9.48 Å². The maximum Gasteiger partial charge on any atom is 0.289 e. The third kappa shape index (κ3) is 3.70. The molecule has 1 fully saturated rings. The average molecular weight is 433 g/mol. The fourth-order valence-corrected chi connectivity index (χ4v) is 3.72. The van der Waals surface area contributed by atoms with Crippen LogP contribution in [0, 0.1) is 0 Å². The van der Waals surface area contributed by atoms with Crippen molar-refractivity contribution in [1.82, 2.24) is 24.6 Å². The summed E-state index contributed by atoms with van der Waals surface area (Å²) in [4.78, 5) is 25.9. The molecule has 0 atom stereocenters. The molecule has 10 nitrogen and oxygen atoms in total. The van der Waals surface area contributed by atoms with Crippen molar-refractivity contribution in [3.63, 3.8) is 0 Å². The third-order valence-corrected chi connectivity index (χ3v) is 5.51. The largest absolute Gasteiger partial charge is 0.497 e. The Morgan fingerprint density at radius 1 is 1.09 bits per heavy atom. The molecule has 3 aromatic heterocycles. The number of amides is 1. The van der Waals surface area contributed by atoms with Crippen LogP contribution >= 0.6 is 0 Å². The van der Waals surface area contributed by atoms with Gasteiger partial charge in [0.15, 0.2) is 11.4 Å². The van der Waals surface area contributed by atoms with Gasteiger partial charge in [-0.2, -0.15) is 15.1 Å². The van der Waals surface area contributed by atoms with Crippen LogP contribution in [0.3, 0.4) is 0 Å². The first kappa shape index (κ1) is 19.9. The number of hydrogen-bond donors (Lipinski definition) is 1. The number of hydrogen-bond acceptors (Lipinski definition) is 8. The van der Waals surface area contributed by atoms with Gasteiger partial charge in [-0.1, -0.05) is 0 Å². The van der Waals surface area contributed by atoms with Crippen molar-refractivity contribution in [2.24, 2.45) is 7.05 Å². The summed E-state index contributed by atoms with van der Waals surface area (Å²) in [5, 5.41) is 8.55. The van der Waals surface area contributed by atoms with E-state index in [4.69, 9.17) is 19.1 Å². The van der Waals surface area contributed by atoms with Gasteiger partial charge >= 0.3 is 0 Å². The van der Waals surface area contributed by atoms with Crippen molar-refractivity contribution in [3.8, 4) is 5.75 Å². The summed E-state index contributed by atoms with van der Waals surface area (Å²) < 4.78 is 12.2. The molecule has 1 saturated heterocycles. The van der Waals surface area contributed by atoms with Crippen LogP contribution in [-0.4, -0.2) is 63.8 Å². The molecule has 4 aromatic rings. The molecule has 164 valence electrons. The Kier molecular flexibility index (Phi) is 5.10. The number of ether oxygens (including phenoxy) is 1. The predicted octanol–water partition coefficient (Wildman–Crippen LogP) is 2.67. The molecule has 0 bridgehead atoms. The lowest BCUT2D eigenvalue weighted by Crippen LogP contribution is -2.49. The fraction of sp³-hybridized carbons (Fsp3) is 0.273. The maximum absolute atomic E-state index is 12.5. The number of rotatable bonds is 5. The van der Waals surface area contributed by atoms with E-state index in [9.17, 15) is 4.79 Å². The van der Waals surface area contributed by atoms with E-state index >= 15 is 0 Å². The molecular formula is C22H23N7O3. The summed E-state index contributed by atoms with van der Waals surface area (Å²) in [6.07, 6.45) is 3.27. The molecule has 32 heavy (non-hydrogen) atoms. The number of aryl methyl sites for hydroxylation is 1. The highest BCUT2D eigenvalue weighted by atomic mass is 16.5. The topological polar surface area (TPSA) is 102 Å². The van der Waals surface area contributed by atoms with E-state index in [1.54, 1.807) is 35.0 Å². The van der Waals surface area contributed by atoms with Crippen molar-refractivity contribution >= 4 is 34.4 Å². The first-order valence-electron chi connectivity index (χ1n) is 10.3. The summed E-state index contributed by atoms with van der Waals surface area (Å²) in [6.45, 7) is 2.37. The lowest BCUT2D eigenvalue weighted by atomic mass is 10.3. The molecule has 10 heteroatoms. The van der Waals surface area contributed by atoms with Crippen LogP contribution in [0.2, 0.25) is 0 Å². The molecule has 0 aliphatic carbocycles. The van der Waals surface area contributed by atoms with E-state index in [1.165, 1.54) is 6.26 Å². The summed E-state index contributed by atoms with van der Waals surface area (Å²) in [6, 6.07) is 11.0. The number of benzene rings is 1. The Bertz CT molecular complexity index is 1230. The fourth-order valence-electron chi connectivity index (χ4n) is 3.72. The highest BCUT2D eigenvalue weighted by Gasteiger charge is 2.26. The average Bonchev–Trinajstić information content (AvgIpc) is 3.50. The number of piperazine rings is 1. The normalized spacial score (nSPS) is 14.1. The van der Waals surface area contributed by atoms with Crippen molar-refractivity contribution in [2.75, 3.05) is 43.5 Å². The minimum atomic E-state index is -0.0977. The van der Waals surface area contributed by atoms with Crippen molar-refractivity contribution < 1.29 is 13.9 Å². The lowest BCUT2D eigenvalue weighted by molar-refractivity contribution is 0.0714. The predicted molar refractivity (Wildman–Crippen MR) is 119 cm³/mol. The second-order valence-corrected chi connectivity index (χ2v) is 7.49. The molecule has 5 rings (SSSR count). The Morgan fingerprint density at radius 3 is 2.56 bits per heavy atom. The summed E-state index contributed by atoms with van der Waals surface area (Å²) in [7, 11) is 3.50. The van der Waals surface area contributed by atoms with E-state index in [-0.39, 0.29) is 5.91 Å². The first-order chi connectivity index (χ1) is 15.6. The van der Waals surface area contributed by atoms with Gasteiger partial charge in [-0.15, -0.1) is 0 Å². The number of nitrogens with one attached hydrogen (secondary N) is 1. The third-order valence-electron chi connectivity index (χ3n) is 5.51. The van der Waals surface area contributed by atoms with Gasteiger partial charge in [0.1, 0.15) is 11.6 Å². The molecule has 4 heterocycles. The monoisotopic (exact) mass is 433 g/mol. The highest BCUT2D eigenvalue weighted by molar-refractivity contribution is 5.92. The molecule has 1 amide bonds. The van der Waals surface area contributed by atoms with Crippen LogP contribution in [0.1, 0.15) is 10.6 Å². The molecule has 0 saturated carbocycles. The van der Waals surface area contributed by atoms with Gasteiger partial charge in [0.2, 0.25) is 5.95 Å². The molecule has 0 unspecified atom stereocenters. The summed E-state index contributed by atoms with van der Waals surface area (Å²) >= 11 is 0. The minimum Gasteiger partial charge on any atom is -0.497 e. The van der Waals surface area contributed by atoms with Gasteiger partial charge in [0.25, 0.3) is 5.91 Å². The van der Waals surface area contributed by atoms with E-state index in [1.807, 2.05) is 31.3 Å². The lowest BCUT2D eigenvalue weighted by Gasteiger charge is -2.34. The summed E-state index contributed by atoms with van der Waals surface area (Å²) in [5.74, 6) is 2.32. The van der Waals surface area contributed by atoms with E-state index in [0.29, 0.717) is 43.7 Å². The van der Waals surface area contributed by atoms with Crippen LogP contribution in [0.25, 0.3) is 11.0 Å². The molecule has 0 spiro atoms. The number of carbonyl (C=O) groups is 1. The maximum atomic E-state index is 12.5. The smallest absolute Gasteiger partial charge is 0.289 e. The van der Waals surface area contributed by atoms with Gasteiger partial charge in [0.05, 0.1) is 25.0 Å². The van der Waals surface area contributed by atoms with Crippen LogP contribution < -0.4 is 15.0 Å². The number of anilines is 3. The van der Waals surface area contributed by atoms with Gasteiger partial charge in [-0.05, 0) is 36.4 Å². The van der Waals surface area contributed by atoms with E-state index < -0.39 is 0 Å². The molecule has 1 aliphatic rings. The zero-order chi connectivity index (χ0) is 22.1. The number of fused-ring (bicyclic) bond motifs is 1. The Labute approximate surface area is 184 Å². The van der Waals surface area contributed by atoms with Crippen LogP contribution in [0.5, 0.6) is 5.75 Å². The van der Waals surface area contributed by atoms with E-state index in [2.05, 4.69) is 15.3 Å². The van der Waals surface area contributed by atoms with Crippen molar-refractivity contribution in [2.45, 2.75) is 0 Å². The Hall–Kier alpha value is -4.08. The zero-order valence-corrected chi connectivity index (χ0v) is 17.9. The minimum absolute atomic E-state index is 0.0977. The van der Waals surface area contributed by atoms with Gasteiger partial charge in [0, 0.05) is 38.9 Å². The number of nitrogens with zero attached hydrogens (tertiary/aromatic N) is 6. The zero-order valence-electron chi connectivity index (χ0n) is 17.9. The standard InChI is InChI=1S/C22H23N7O3/c1-27-20-17(14-23-27)19(24-15-5-7-16(31-2)8-6-15)25-22(26-20)29-11-9-28(10-12-29)21(30)18-4-3-13-32-18/h3-8,13-14H,9-12H2,1-2H3,(H,24,25,26). The van der Waals surface area contributed by atoms with Crippen LogP contribution in [0.4, 0.5) is 17.5 Å².